The van der Waals surface area contributed by atoms with Crippen LogP contribution in [0.4, 0.5) is 0 Å². The Balaban J connectivity index is 1.56. The zero-order chi connectivity index (χ0) is 27.1. The monoisotopic (exact) mass is 522 g/mol. The fourth-order valence-electron chi connectivity index (χ4n) is 4.63. The number of hydrogen-bond acceptors (Lipinski definition) is 7. The third kappa shape index (κ3) is 6.98. The van der Waals surface area contributed by atoms with Crippen molar-refractivity contribution >= 4 is 24.0 Å². The fraction of sp³-hybridized carbons (Fsp3) is 0.483. The summed E-state index contributed by atoms with van der Waals surface area (Å²) in [6.07, 6.45) is 5.17. The van der Waals surface area contributed by atoms with E-state index in [1.165, 1.54) is 0 Å². The zero-order valence-electron chi connectivity index (χ0n) is 22.5. The number of nitrogens with zero attached hydrogens (tertiary/aromatic N) is 4. The molecule has 1 aromatic heterocycles. The lowest BCUT2D eigenvalue weighted by Crippen LogP contribution is -2.51. The number of aliphatic hydroxyl groups excluding tert-OH is 1. The second-order valence-electron chi connectivity index (χ2n) is 10.2. The van der Waals surface area contributed by atoms with Gasteiger partial charge in [0, 0.05) is 38.8 Å². The topological polar surface area (TPSA) is 95.4 Å². The molecule has 9 nitrogen and oxygen atoms in total. The molecule has 3 heterocycles. The third-order valence-corrected chi connectivity index (χ3v) is 7.15. The Labute approximate surface area is 224 Å². The van der Waals surface area contributed by atoms with Gasteiger partial charge in [0.1, 0.15) is 11.7 Å². The van der Waals surface area contributed by atoms with Crippen LogP contribution in [-0.2, 0) is 9.53 Å². The number of hydrogen-bond donors (Lipinski definition) is 1. The molecule has 0 saturated carbocycles. The van der Waals surface area contributed by atoms with Crippen molar-refractivity contribution in [3.8, 4) is 5.88 Å². The number of carbonyl (C=O) groups excluding carboxylic acids is 2. The van der Waals surface area contributed by atoms with Gasteiger partial charge in [0.05, 0.1) is 39.0 Å². The molecule has 0 aliphatic carbocycles. The lowest BCUT2D eigenvalue weighted by molar-refractivity contribution is -0.133. The second kappa shape index (κ2) is 13.0. The molecule has 0 radical (unpaired) electrons. The van der Waals surface area contributed by atoms with Gasteiger partial charge in [-0.1, -0.05) is 49.4 Å². The first-order chi connectivity index (χ1) is 18.4. The lowest BCUT2D eigenvalue weighted by atomic mass is 9.99. The van der Waals surface area contributed by atoms with Crippen LogP contribution in [0.5, 0.6) is 5.88 Å². The minimum atomic E-state index is -0.382. The Bertz CT molecular complexity index is 1120. The van der Waals surface area contributed by atoms with Crippen molar-refractivity contribution in [3.05, 3.63) is 59.3 Å². The molecule has 0 bridgehead atoms. The molecule has 2 aromatic rings. The van der Waals surface area contributed by atoms with Gasteiger partial charge < -0.3 is 24.4 Å². The highest BCUT2D eigenvalue weighted by Gasteiger charge is 2.34. The second-order valence-corrected chi connectivity index (χ2v) is 10.2. The summed E-state index contributed by atoms with van der Waals surface area (Å²) in [5, 5.41) is 9.89. The summed E-state index contributed by atoms with van der Waals surface area (Å²) in [6, 6.07) is 11.3. The fourth-order valence-corrected chi connectivity index (χ4v) is 4.63. The van der Waals surface area contributed by atoms with Crippen molar-refractivity contribution in [1.29, 1.82) is 0 Å². The van der Waals surface area contributed by atoms with Crippen LogP contribution in [0.1, 0.15) is 35.3 Å². The Morgan fingerprint density at radius 1 is 1.21 bits per heavy atom. The standard InChI is InChI=1S/C29H38N4O5/c1-21-17-33(22(2)20-34)29(36)25-15-24(10-9-23-7-5-4-6-8-23)16-30-28(25)38-26(21)18-31(3)27(35)19-32-11-13-37-14-12-32/h4-10,15-16,21-22,26,34H,11-14,17-20H2,1-3H3/t21-,22-,26+/m1/s1. The first-order valence-corrected chi connectivity index (χ1v) is 13.2. The predicted octanol–water partition coefficient (Wildman–Crippen LogP) is 2.26. The molecule has 1 N–H and O–H groups in total. The molecule has 2 amide bonds. The Kier molecular flexibility index (Phi) is 9.49. The summed E-state index contributed by atoms with van der Waals surface area (Å²) in [6.45, 7) is 7.50. The zero-order valence-corrected chi connectivity index (χ0v) is 22.5. The molecule has 0 unspecified atom stereocenters. The number of benzene rings is 1. The van der Waals surface area contributed by atoms with E-state index in [0.717, 1.165) is 24.2 Å². The number of carbonyl (C=O) groups is 2. The molecule has 0 spiro atoms. The van der Waals surface area contributed by atoms with Crippen molar-refractivity contribution in [1.82, 2.24) is 19.7 Å². The van der Waals surface area contributed by atoms with E-state index in [-0.39, 0.29) is 42.4 Å². The summed E-state index contributed by atoms with van der Waals surface area (Å²) in [5.74, 6) is -0.0752. The highest BCUT2D eigenvalue weighted by molar-refractivity contribution is 5.97. The maximum atomic E-state index is 13.6. The van der Waals surface area contributed by atoms with E-state index in [1.807, 2.05) is 56.3 Å². The van der Waals surface area contributed by atoms with Crippen molar-refractivity contribution in [3.63, 3.8) is 0 Å². The van der Waals surface area contributed by atoms with E-state index < -0.39 is 0 Å². The van der Waals surface area contributed by atoms with E-state index in [0.29, 0.717) is 38.4 Å². The van der Waals surface area contributed by atoms with E-state index in [2.05, 4.69) is 9.88 Å². The number of aromatic nitrogens is 1. The first kappa shape index (κ1) is 27.8. The van der Waals surface area contributed by atoms with Gasteiger partial charge in [-0.3, -0.25) is 14.5 Å². The van der Waals surface area contributed by atoms with E-state index in [1.54, 1.807) is 29.1 Å². The molecule has 1 saturated heterocycles. The molecule has 1 aromatic carbocycles. The molecule has 2 aliphatic rings. The number of likely N-dealkylation sites (N-methyl/N-ethyl adjacent to an activating group) is 1. The van der Waals surface area contributed by atoms with E-state index in [9.17, 15) is 14.7 Å². The van der Waals surface area contributed by atoms with Crippen LogP contribution in [0.3, 0.4) is 0 Å². The van der Waals surface area contributed by atoms with Crippen molar-refractivity contribution in [2.45, 2.75) is 26.0 Å². The number of ether oxygens (including phenoxy) is 2. The number of fused-ring (bicyclic) bond motifs is 1. The average Bonchev–Trinajstić information content (AvgIpc) is 2.94. The Hall–Kier alpha value is -3.27. The maximum absolute atomic E-state index is 13.6. The average molecular weight is 523 g/mol. The van der Waals surface area contributed by atoms with Crippen molar-refractivity contribution < 1.29 is 24.2 Å². The van der Waals surface area contributed by atoms with Crippen LogP contribution in [-0.4, -0.2) is 108 Å². The van der Waals surface area contributed by atoms with Crippen molar-refractivity contribution in [2.24, 2.45) is 5.92 Å². The van der Waals surface area contributed by atoms with Gasteiger partial charge in [0.15, 0.2) is 0 Å². The SMILES string of the molecule is C[C@@H]1CN([C@H](C)CO)C(=O)c2cc(C=Cc3ccccc3)cnc2O[C@H]1CN(C)C(=O)CN1CCOCC1. The first-order valence-electron chi connectivity index (χ1n) is 13.2. The maximum Gasteiger partial charge on any atom is 0.259 e. The molecule has 2 aliphatic heterocycles. The highest BCUT2D eigenvalue weighted by Crippen LogP contribution is 2.28. The normalized spacial score (nSPS) is 21.4. The summed E-state index contributed by atoms with van der Waals surface area (Å²) in [4.78, 5) is 36.6. The summed E-state index contributed by atoms with van der Waals surface area (Å²) in [7, 11) is 1.78. The minimum Gasteiger partial charge on any atom is -0.472 e. The van der Waals surface area contributed by atoms with Crippen LogP contribution >= 0.6 is 0 Å². The largest absolute Gasteiger partial charge is 0.472 e. The third-order valence-electron chi connectivity index (χ3n) is 7.15. The summed E-state index contributed by atoms with van der Waals surface area (Å²) >= 11 is 0. The molecule has 3 atom stereocenters. The van der Waals surface area contributed by atoms with Crippen LogP contribution in [0.15, 0.2) is 42.6 Å². The number of pyridine rings is 1. The lowest BCUT2D eigenvalue weighted by Gasteiger charge is -2.38. The van der Waals surface area contributed by atoms with E-state index >= 15 is 0 Å². The van der Waals surface area contributed by atoms with Crippen LogP contribution < -0.4 is 4.74 Å². The number of amides is 2. The smallest absolute Gasteiger partial charge is 0.259 e. The summed E-state index contributed by atoms with van der Waals surface area (Å²) < 4.78 is 11.7. The van der Waals surface area contributed by atoms with Gasteiger partial charge in [-0.25, -0.2) is 4.98 Å². The molecule has 38 heavy (non-hydrogen) atoms. The van der Waals surface area contributed by atoms with Gasteiger partial charge in [-0.15, -0.1) is 0 Å². The van der Waals surface area contributed by atoms with E-state index in [4.69, 9.17) is 9.47 Å². The molecule has 4 rings (SSSR count). The van der Waals surface area contributed by atoms with Crippen LogP contribution in [0.2, 0.25) is 0 Å². The molecule has 204 valence electrons. The molecule has 9 heteroatoms. The van der Waals surface area contributed by atoms with Crippen LogP contribution in [0, 0.1) is 5.92 Å². The van der Waals surface area contributed by atoms with Crippen LogP contribution in [0.25, 0.3) is 12.2 Å². The summed E-state index contributed by atoms with van der Waals surface area (Å²) in [5.41, 5.74) is 2.15. The highest BCUT2D eigenvalue weighted by atomic mass is 16.5. The molecular formula is C29H38N4O5. The van der Waals surface area contributed by atoms with Gasteiger partial charge in [-0.05, 0) is 24.1 Å². The number of rotatable bonds is 8. The Morgan fingerprint density at radius 2 is 1.92 bits per heavy atom. The number of aliphatic hydroxyl groups is 1. The van der Waals surface area contributed by atoms with Gasteiger partial charge >= 0.3 is 0 Å². The van der Waals surface area contributed by atoms with Gasteiger partial charge in [0.2, 0.25) is 11.8 Å². The minimum absolute atomic E-state index is 0.0102. The molecular weight excluding hydrogens is 484 g/mol. The van der Waals surface area contributed by atoms with Gasteiger partial charge in [-0.2, -0.15) is 0 Å². The molecule has 1 fully saturated rings. The Morgan fingerprint density at radius 3 is 2.63 bits per heavy atom. The van der Waals surface area contributed by atoms with Crippen molar-refractivity contribution in [2.75, 3.05) is 59.6 Å². The number of morpholine rings is 1. The van der Waals surface area contributed by atoms with Gasteiger partial charge in [0.25, 0.3) is 5.91 Å². The predicted molar refractivity (Wildman–Crippen MR) is 146 cm³/mol. The quantitative estimate of drug-likeness (QED) is 0.568.